The van der Waals surface area contributed by atoms with Crippen LogP contribution in [0.1, 0.15) is 31.2 Å². The summed E-state index contributed by atoms with van der Waals surface area (Å²) < 4.78 is 0. The largest absolute Gasteiger partial charge is 0.369 e. The highest BCUT2D eigenvalue weighted by Gasteiger charge is 2.45. The number of aryl methyl sites for hydroxylation is 1. The topological polar surface area (TPSA) is 41.6 Å². The van der Waals surface area contributed by atoms with E-state index in [1.165, 1.54) is 36.9 Å². The van der Waals surface area contributed by atoms with Crippen LogP contribution in [-0.4, -0.2) is 18.0 Å². The van der Waals surface area contributed by atoms with Gasteiger partial charge in [0.2, 0.25) is 0 Å². The van der Waals surface area contributed by atoms with Crippen LogP contribution in [0.4, 0.5) is 5.69 Å². The number of aliphatic imine (C=N–C) groups is 1. The number of para-hydroxylation sites is 1. The standard InChI is InChI=1S/C14H19N3/c1-11-6-2-3-7-12(11)17-13(15)16-10-14(17)8-4-5-9-14/h2-3,6-7H,4-5,8-10H2,1H3,(H2,15,16). The Morgan fingerprint density at radius 1 is 1.24 bits per heavy atom. The lowest BCUT2D eigenvalue weighted by Crippen LogP contribution is -2.50. The number of guanidine groups is 1. The van der Waals surface area contributed by atoms with E-state index >= 15 is 0 Å². The molecule has 3 rings (SSSR count). The SMILES string of the molecule is Cc1ccccc1N1C(N)=NCC12CCCC2. The molecule has 1 aliphatic heterocycles. The van der Waals surface area contributed by atoms with Crippen molar-refractivity contribution >= 4 is 11.6 Å². The third-order valence-corrected chi connectivity index (χ3v) is 4.13. The molecule has 1 fully saturated rings. The van der Waals surface area contributed by atoms with E-state index in [2.05, 4.69) is 41.1 Å². The van der Waals surface area contributed by atoms with Crippen molar-refractivity contribution in [2.45, 2.75) is 38.1 Å². The van der Waals surface area contributed by atoms with Crippen molar-refractivity contribution in [3.8, 4) is 0 Å². The van der Waals surface area contributed by atoms with Gasteiger partial charge in [0, 0.05) is 5.69 Å². The van der Waals surface area contributed by atoms with E-state index in [1.54, 1.807) is 0 Å². The third kappa shape index (κ3) is 1.53. The fourth-order valence-electron chi connectivity index (χ4n) is 3.22. The Hall–Kier alpha value is -1.51. The van der Waals surface area contributed by atoms with Gasteiger partial charge in [-0.05, 0) is 31.4 Å². The Balaban J connectivity index is 2.05. The average Bonchev–Trinajstić information content (AvgIpc) is 2.90. The quantitative estimate of drug-likeness (QED) is 0.803. The van der Waals surface area contributed by atoms with E-state index in [1.807, 2.05) is 0 Å². The summed E-state index contributed by atoms with van der Waals surface area (Å²) in [4.78, 5) is 6.78. The van der Waals surface area contributed by atoms with Gasteiger partial charge in [-0.2, -0.15) is 0 Å². The van der Waals surface area contributed by atoms with E-state index in [0.717, 1.165) is 6.54 Å². The van der Waals surface area contributed by atoms with Crippen LogP contribution < -0.4 is 10.6 Å². The van der Waals surface area contributed by atoms with Crippen molar-refractivity contribution in [1.29, 1.82) is 0 Å². The second kappa shape index (κ2) is 3.76. The molecule has 1 saturated carbocycles. The highest BCUT2D eigenvalue weighted by Crippen LogP contribution is 2.41. The number of nitrogens with zero attached hydrogens (tertiary/aromatic N) is 2. The Morgan fingerprint density at radius 3 is 2.65 bits per heavy atom. The van der Waals surface area contributed by atoms with Crippen LogP contribution in [-0.2, 0) is 0 Å². The van der Waals surface area contributed by atoms with Crippen LogP contribution in [0.25, 0.3) is 0 Å². The first-order valence-electron chi connectivity index (χ1n) is 6.39. The zero-order chi connectivity index (χ0) is 11.9. The summed E-state index contributed by atoms with van der Waals surface area (Å²) in [7, 11) is 0. The lowest BCUT2D eigenvalue weighted by atomic mass is 9.95. The Morgan fingerprint density at radius 2 is 1.94 bits per heavy atom. The summed E-state index contributed by atoms with van der Waals surface area (Å²) in [5, 5.41) is 0. The lowest BCUT2D eigenvalue weighted by Gasteiger charge is -2.36. The molecular formula is C14H19N3. The molecule has 0 unspecified atom stereocenters. The molecule has 0 amide bonds. The molecule has 0 radical (unpaired) electrons. The minimum atomic E-state index is 0.177. The van der Waals surface area contributed by atoms with Gasteiger partial charge >= 0.3 is 0 Å². The van der Waals surface area contributed by atoms with Crippen molar-refractivity contribution in [3.63, 3.8) is 0 Å². The Labute approximate surface area is 102 Å². The van der Waals surface area contributed by atoms with Crippen molar-refractivity contribution in [1.82, 2.24) is 0 Å². The average molecular weight is 229 g/mol. The number of hydrogen-bond acceptors (Lipinski definition) is 3. The molecule has 1 aromatic rings. The molecule has 2 N–H and O–H groups in total. The summed E-state index contributed by atoms with van der Waals surface area (Å²) in [6.45, 7) is 3.01. The van der Waals surface area contributed by atoms with Crippen LogP contribution in [0.3, 0.4) is 0 Å². The monoisotopic (exact) mass is 229 g/mol. The van der Waals surface area contributed by atoms with Gasteiger partial charge in [-0.15, -0.1) is 0 Å². The summed E-state index contributed by atoms with van der Waals surface area (Å²) in [6, 6.07) is 8.45. The number of anilines is 1. The lowest BCUT2D eigenvalue weighted by molar-refractivity contribution is 0.472. The minimum absolute atomic E-state index is 0.177. The molecule has 2 aliphatic rings. The highest BCUT2D eigenvalue weighted by molar-refractivity contribution is 5.99. The maximum Gasteiger partial charge on any atom is 0.196 e. The zero-order valence-electron chi connectivity index (χ0n) is 10.3. The molecule has 0 aromatic heterocycles. The molecule has 90 valence electrons. The van der Waals surface area contributed by atoms with E-state index in [9.17, 15) is 0 Å². The van der Waals surface area contributed by atoms with Gasteiger partial charge in [-0.3, -0.25) is 4.99 Å². The molecule has 1 heterocycles. The number of benzene rings is 1. The Kier molecular flexibility index (Phi) is 2.35. The van der Waals surface area contributed by atoms with Crippen molar-refractivity contribution in [3.05, 3.63) is 29.8 Å². The molecule has 0 bridgehead atoms. The smallest absolute Gasteiger partial charge is 0.196 e. The normalized spacial score (nSPS) is 22.2. The number of rotatable bonds is 1. The van der Waals surface area contributed by atoms with Gasteiger partial charge in [-0.25, -0.2) is 0 Å². The highest BCUT2D eigenvalue weighted by atomic mass is 15.4. The summed E-state index contributed by atoms with van der Waals surface area (Å²) in [5.41, 5.74) is 8.79. The van der Waals surface area contributed by atoms with E-state index in [-0.39, 0.29) is 5.54 Å². The van der Waals surface area contributed by atoms with Crippen LogP contribution in [0.5, 0.6) is 0 Å². The van der Waals surface area contributed by atoms with E-state index < -0.39 is 0 Å². The molecule has 3 heteroatoms. The van der Waals surface area contributed by atoms with Gasteiger partial charge in [0.05, 0.1) is 12.1 Å². The summed E-state index contributed by atoms with van der Waals surface area (Å²) in [5.74, 6) is 0.696. The molecule has 1 aromatic carbocycles. The molecule has 1 spiro atoms. The molecule has 17 heavy (non-hydrogen) atoms. The second-order valence-corrected chi connectivity index (χ2v) is 5.23. The van der Waals surface area contributed by atoms with Gasteiger partial charge in [0.15, 0.2) is 5.96 Å². The molecule has 1 aliphatic carbocycles. The fourth-order valence-corrected chi connectivity index (χ4v) is 3.22. The van der Waals surface area contributed by atoms with Gasteiger partial charge < -0.3 is 10.6 Å². The van der Waals surface area contributed by atoms with E-state index in [4.69, 9.17) is 5.73 Å². The first-order valence-corrected chi connectivity index (χ1v) is 6.39. The van der Waals surface area contributed by atoms with Crippen LogP contribution in [0.15, 0.2) is 29.3 Å². The maximum atomic E-state index is 6.11. The number of hydrogen-bond donors (Lipinski definition) is 1. The van der Waals surface area contributed by atoms with Crippen molar-refractivity contribution < 1.29 is 0 Å². The molecule has 3 nitrogen and oxygen atoms in total. The minimum Gasteiger partial charge on any atom is -0.369 e. The Bertz CT molecular complexity index is 458. The van der Waals surface area contributed by atoms with Gasteiger partial charge in [0.1, 0.15) is 0 Å². The van der Waals surface area contributed by atoms with Crippen LogP contribution in [0.2, 0.25) is 0 Å². The molecular weight excluding hydrogens is 210 g/mol. The summed E-state index contributed by atoms with van der Waals surface area (Å²) >= 11 is 0. The predicted molar refractivity (Wildman–Crippen MR) is 71.3 cm³/mol. The number of nitrogens with two attached hydrogens (primary N) is 1. The molecule has 0 saturated heterocycles. The first kappa shape index (κ1) is 10.6. The summed E-state index contributed by atoms with van der Waals surface area (Å²) in [6.07, 6.45) is 5.02. The van der Waals surface area contributed by atoms with Gasteiger partial charge in [0.25, 0.3) is 0 Å². The maximum absolute atomic E-state index is 6.11. The second-order valence-electron chi connectivity index (χ2n) is 5.23. The first-order chi connectivity index (χ1) is 8.23. The van der Waals surface area contributed by atoms with E-state index in [0.29, 0.717) is 5.96 Å². The van der Waals surface area contributed by atoms with Gasteiger partial charge in [-0.1, -0.05) is 31.0 Å². The molecule has 0 atom stereocenters. The predicted octanol–water partition coefficient (Wildman–Crippen LogP) is 2.44. The third-order valence-electron chi connectivity index (χ3n) is 4.13. The zero-order valence-corrected chi connectivity index (χ0v) is 10.3. The fraction of sp³-hybridized carbons (Fsp3) is 0.500. The van der Waals surface area contributed by atoms with Crippen LogP contribution in [0, 0.1) is 6.92 Å². The van der Waals surface area contributed by atoms with Crippen molar-refractivity contribution in [2.75, 3.05) is 11.4 Å². The van der Waals surface area contributed by atoms with Crippen molar-refractivity contribution in [2.24, 2.45) is 10.7 Å². The van der Waals surface area contributed by atoms with Crippen LogP contribution >= 0.6 is 0 Å².